The molecule has 0 atom stereocenters. The maximum Gasteiger partial charge on any atom is 0.236 e. The molecule has 4 saturated carbocycles. The summed E-state index contributed by atoms with van der Waals surface area (Å²) in [4.78, 5) is 14.7. The Morgan fingerprint density at radius 1 is 1.03 bits per heavy atom. The third kappa shape index (κ3) is 3.75. The lowest BCUT2D eigenvalue weighted by Gasteiger charge is -2.57. The Bertz CT molecular complexity index is 887. The number of ether oxygens (including phenoxy) is 1. The number of rotatable bonds is 6. The largest absolute Gasteiger partial charge is 0.497 e. The zero-order valence-electron chi connectivity index (χ0n) is 17.6. The van der Waals surface area contributed by atoms with E-state index in [-0.39, 0.29) is 11.4 Å². The maximum absolute atomic E-state index is 12.8. The number of carbonyl (C=O) groups excluding carboxylic acids is 1. The number of nitrogens with one attached hydrogen (secondary N) is 1. The van der Waals surface area contributed by atoms with Gasteiger partial charge < -0.3 is 15.0 Å². The lowest BCUT2D eigenvalue weighted by atomic mass is 9.53. The summed E-state index contributed by atoms with van der Waals surface area (Å²) in [7, 11) is 3.61. The molecule has 154 valence electrons. The van der Waals surface area contributed by atoms with Crippen LogP contribution < -0.4 is 10.1 Å². The summed E-state index contributed by atoms with van der Waals surface area (Å²) in [5.74, 6) is 3.76. The Morgan fingerprint density at radius 2 is 1.66 bits per heavy atom. The van der Waals surface area contributed by atoms with Crippen molar-refractivity contribution in [1.82, 2.24) is 10.2 Å². The minimum Gasteiger partial charge on any atom is -0.497 e. The van der Waals surface area contributed by atoms with Gasteiger partial charge in [-0.25, -0.2) is 0 Å². The number of likely N-dealkylation sites (N-methyl/N-ethyl adjacent to an activating group) is 1. The van der Waals surface area contributed by atoms with Crippen molar-refractivity contribution in [1.29, 1.82) is 0 Å². The Balaban J connectivity index is 1.20. The highest BCUT2D eigenvalue weighted by atomic mass is 16.5. The quantitative estimate of drug-likeness (QED) is 0.794. The van der Waals surface area contributed by atoms with Crippen LogP contribution >= 0.6 is 0 Å². The molecule has 4 heteroatoms. The zero-order chi connectivity index (χ0) is 20.0. The van der Waals surface area contributed by atoms with E-state index in [0.29, 0.717) is 13.1 Å². The van der Waals surface area contributed by atoms with Crippen molar-refractivity contribution in [2.45, 2.75) is 50.6 Å². The molecule has 0 heterocycles. The van der Waals surface area contributed by atoms with E-state index in [9.17, 15) is 4.79 Å². The lowest BCUT2D eigenvalue weighted by Crippen LogP contribution is -2.59. The first-order valence-electron chi connectivity index (χ1n) is 11.1. The first kappa shape index (κ1) is 18.9. The molecule has 1 N–H and O–H groups in total. The summed E-state index contributed by atoms with van der Waals surface area (Å²) in [5, 5.41) is 6.07. The average molecular weight is 393 g/mol. The van der Waals surface area contributed by atoms with Gasteiger partial charge in [-0.15, -0.1) is 0 Å². The highest BCUT2D eigenvalue weighted by molar-refractivity contribution is 5.84. The Kier molecular flexibility index (Phi) is 4.78. The van der Waals surface area contributed by atoms with Crippen LogP contribution in [0.25, 0.3) is 10.8 Å². The van der Waals surface area contributed by atoms with Crippen molar-refractivity contribution in [3.05, 3.63) is 42.0 Å². The molecule has 2 aromatic carbocycles. The number of methoxy groups -OCH3 is 1. The summed E-state index contributed by atoms with van der Waals surface area (Å²) in [6, 6.07) is 12.5. The van der Waals surface area contributed by atoms with Crippen LogP contribution in [0.4, 0.5) is 0 Å². The van der Waals surface area contributed by atoms with Crippen molar-refractivity contribution in [3.8, 4) is 5.75 Å². The first-order chi connectivity index (χ1) is 14.0. The molecular weight excluding hydrogens is 360 g/mol. The van der Waals surface area contributed by atoms with Crippen molar-refractivity contribution < 1.29 is 9.53 Å². The zero-order valence-corrected chi connectivity index (χ0v) is 17.6. The van der Waals surface area contributed by atoms with E-state index in [1.165, 1.54) is 43.9 Å². The first-order valence-corrected chi connectivity index (χ1v) is 11.1. The van der Waals surface area contributed by atoms with Crippen LogP contribution in [-0.2, 0) is 11.3 Å². The second kappa shape index (κ2) is 7.32. The minimum absolute atomic E-state index is 0.190. The molecule has 2 aromatic rings. The van der Waals surface area contributed by atoms with Crippen molar-refractivity contribution >= 4 is 16.7 Å². The van der Waals surface area contributed by atoms with Crippen molar-refractivity contribution in [2.24, 2.45) is 17.8 Å². The van der Waals surface area contributed by atoms with Gasteiger partial charge in [-0.2, -0.15) is 0 Å². The van der Waals surface area contributed by atoms with E-state index in [1.807, 2.05) is 24.1 Å². The molecule has 4 bridgehead atoms. The Morgan fingerprint density at radius 3 is 2.31 bits per heavy atom. The molecule has 0 spiro atoms. The van der Waals surface area contributed by atoms with E-state index >= 15 is 0 Å². The van der Waals surface area contributed by atoms with Crippen molar-refractivity contribution in [3.63, 3.8) is 0 Å². The summed E-state index contributed by atoms with van der Waals surface area (Å²) >= 11 is 0. The summed E-state index contributed by atoms with van der Waals surface area (Å²) in [6.45, 7) is 1.11. The van der Waals surface area contributed by atoms with Crippen LogP contribution in [0.15, 0.2) is 36.4 Å². The van der Waals surface area contributed by atoms with E-state index < -0.39 is 0 Å². The van der Waals surface area contributed by atoms with Gasteiger partial charge in [-0.05, 0) is 90.8 Å². The molecule has 4 aliphatic carbocycles. The third-order valence-corrected chi connectivity index (χ3v) is 7.61. The Labute approximate surface area is 173 Å². The molecule has 1 amide bonds. The molecule has 6 rings (SSSR count). The van der Waals surface area contributed by atoms with Gasteiger partial charge in [0.2, 0.25) is 5.91 Å². The monoisotopic (exact) mass is 392 g/mol. The minimum atomic E-state index is 0.190. The summed E-state index contributed by atoms with van der Waals surface area (Å²) in [5.41, 5.74) is 1.40. The van der Waals surface area contributed by atoms with Crippen LogP contribution in [0.3, 0.4) is 0 Å². The predicted molar refractivity (Wildman–Crippen MR) is 116 cm³/mol. The van der Waals surface area contributed by atoms with Gasteiger partial charge in [-0.3, -0.25) is 4.79 Å². The van der Waals surface area contributed by atoms with Gasteiger partial charge >= 0.3 is 0 Å². The number of benzene rings is 2. The molecule has 4 nitrogen and oxygen atoms in total. The molecule has 0 unspecified atom stereocenters. The summed E-state index contributed by atoms with van der Waals surface area (Å²) in [6.07, 6.45) is 8.15. The topological polar surface area (TPSA) is 41.6 Å². The van der Waals surface area contributed by atoms with Gasteiger partial charge in [0.25, 0.3) is 0 Å². The smallest absolute Gasteiger partial charge is 0.236 e. The fourth-order valence-electron chi connectivity index (χ4n) is 6.59. The van der Waals surface area contributed by atoms with Gasteiger partial charge in [0.05, 0.1) is 13.7 Å². The number of nitrogens with zero attached hydrogens (tertiary/aromatic N) is 1. The average Bonchev–Trinajstić information content (AvgIpc) is 2.70. The van der Waals surface area contributed by atoms with Gasteiger partial charge in [-0.1, -0.05) is 18.2 Å². The maximum atomic E-state index is 12.8. The van der Waals surface area contributed by atoms with Crippen LogP contribution in [0, 0.1) is 17.8 Å². The van der Waals surface area contributed by atoms with E-state index in [0.717, 1.165) is 34.5 Å². The molecule has 0 aromatic heterocycles. The fourth-order valence-corrected chi connectivity index (χ4v) is 6.59. The van der Waals surface area contributed by atoms with E-state index in [1.54, 1.807) is 7.11 Å². The predicted octanol–water partition coefficient (Wildman–Crippen LogP) is 4.37. The number of amides is 1. The standard InChI is InChI=1S/C25H32N2O2/c1-27(16-17-3-4-22-11-23(29-2)6-5-21(22)10-17)24(28)15-26-25-12-18-7-19(13-25)9-20(8-18)14-25/h3-6,10-11,18-20,26H,7-9,12-16H2,1-2H3. The number of fused-ring (bicyclic) bond motifs is 1. The van der Waals surface area contributed by atoms with Crippen LogP contribution in [0.1, 0.15) is 44.1 Å². The fraction of sp³-hybridized carbons (Fsp3) is 0.560. The number of hydrogen-bond donors (Lipinski definition) is 1. The van der Waals surface area contributed by atoms with E-state index in [4.69, 9.17) is 4.74 Å². The van der Waals surface area contributed by atoms with Gasteiger partial charge in [0.1, 0.15) is 5.75 Å². The van der Waals surface area contributed by atoms with Crippen LogP contribution in [0.2, 0.25) is 0 Å². The molecule has 0 radical (unpaired) electrons. The second-order valence-electron chi connectivity index (χ2n) is 9.85. The molecule has 0 aliphatic heterocycles. The molecule has 29 heavy (non-hydrogen) atoms. The number of hydrogen-bond acceptors (Lipinski definition) is 3. The molecule has 4 aliphatic rings. The normalized spacial score (nSPS) is 29.9. The number of carbonyl (C=O) groups is 1. The van der Waals surface area contributed by atoms with Crippen LogP contribution in [-0.4, -0.2) is 37.0 Å². The Hall–Kier alpha value is -2.07. The summed E-state index contributed by atoms with van der Waals surface area (Å²) < 4.78 is 5.30. The lowest BCUT2D eigenvalue weighted by molar-refractivity contribution is -0.130. The third-order valence-electron chi connectivity index (χ3n) is 7.61. The highest BCUT2D eigenvalue weighted by Gasteiger charge is 2.50. The molecular formula is C25H32N2O2. The highest BCUT2D eigenvalue weighted by Crippen LogP contribution is 2.55. The van der Waals surface area contributed by atoms with E-state index in [2.05, 4.69) is 29.6 Å². The molecule has 4 fully saturated rings. The SMILES string of the molecule is COc1ccc2cc(CN(C)C(=O)CNC34CC5CC(CC(C5)C3)C4)ccc2c1. The van der Waals surface area contributed by atoms with Crippen molar-refractivity contribution in [2.75, 3.05) is 20.7 Å². The van der Waals surface area contributed by atoms with Gasteiger partial charge in [0, 0.05) is 19.1 Å². The molecule has 0 saturated heterocycles. The second-order valence-corrected chi connectivity index (χ2v) is 9.85. The van der Waals surface area contributed by atoms with Gasteiger partial charge in [0.15, 0.2) is 0 Å². The van der Waals surface area contributed by atoms with Crippen LogP contribution in [0.5, 0.6) is 5.75 Å².